The van der Waals surface area contributed by atoms with Gasteiger partial charge in [-0.2, -0.15) is 5.10 Å². The zero-order chi connectivity index (χ0) is 14.4. The van der Waals surface area contributed by atoms with E-state index in [0.717, 1.165) is 11.3 Å². The molecule has 0 bridgehead atoms. The maximum absolute atomic E-state index is 11.9. The number of rotatable bonds is 5. The summed E-state index contributed by atoms with van der Waals surface area (Å²) in [6, 6.07) is 15.1. The van der Waals surface area contributed by atoms with Gasteiger partial charge in [-0.15, -0.1) is 0 Å². The molecule has 20 heavy (non-hydrogen) atoms. The van der Waals surface area contributed by atoms with Gasteiger partial charge in [0.15, 0.2) is 0 Å². The van der Waals surface area contributed by atoms with Crippen molar-refractivity contribution >= 4 is 21.1 Å². The molecule has 5 nitrogen and oxygen atoms in total. The molecule has 0 amide bonds. The van der Waals surface area contributed by atoms with Crippen molar-refractivity contribution in [3.05, 3.63) is 54.6 Å². The summed E-state index contributed by atoms with van der Waals surface area (Å²) in [6.45, 7) is 0. The molecule has 0 saturated heterocycles. The number of nitrogens with zero attached hydrogens (tertiary/aromatic N) is 1. The van der Waals surface area contributed by atoms with Gasteiger partial charge < -0.3 is 4.74 Å². The molecule has 0 heterocycles. The fraction of sp³-hybridized carbons (Fsp3) is 0.0714. The van der Waals surface area contributed by atoms with E-state index in [0.29, 0.717) is 5.69 Å². The Morgan fingerprint density at radius 2 is 1.70 bits per heavy atom. The molecule has 6 heteroatoms. The number of benzene rings is 2. The van der Waals surface area contributed by atoms with Crippen LogP contribution in [0.15, 0.2) is 64.6 Å². The topological polar surface area (TPSA) is 67.8 Å². The largest absolute Gasteiger partial charge is 0.497 e. The lowest BCUT2D eigenvalue weighted by molar-refractivity contribution is 0.415. The molecule has 1 N–H and O–H groups in total. The van der Waals surface area contributed by atoms with E-state index in [1.54, 1.807) is 49.6 Å². The van der Waals surface area contributed by atoms with Crippen LogP contribution < -0.4 is 10.2 Å². The molecule has 0 saturated carbocycles. The average molecular weight is 290 g/mol. The average Bonchev–Trinajstić information content (AvgIpc) is 2.49. The zero-order valence-corrected chi connectivity index (χ0v) is 11.7. The number of hydrogen-bond donors (Lipinski definition) is 1. The summed E-state index contributed by atoms with van der Waals surface area (Å²) in [5.41, 5.74) is 4.22. The van der Waals surface area contributed by atoms with Gasteiger partial charge in [0.1, 0.15) is 11.3 Å². The Hall–Kier alpha value is -2.34. The van der Waals surface area contributed by atoms with Crippen LogP contribution in [0.4, 0.5) is 5.69 Å². The Kier molecular flexibility index (Phi) is 4.37. The van der Waals surface area contributed by atoms with Crippen LogP contribution in [0, 0.1) is 0 Å². The molecule has 0 aliphatic heterocycles. The number of nitrogens with one attached hydrogen (secondary N) is 1. The second-order valence-electron chi connectivity index (χ2n) is 3.93. The Morgan fingerprint density at radius 3 is 2.30 bits per heavy atom. The summed E-state index contributed by atoms with van der Waals surface area (Å²) in [6.07, 6.45) is 0. The van der Waals surface area contributed by atoms with E-state index < -0.39 is 9.84 Å². The zero-order valence-electron chi connectivity index (χ0n) is 10.9. The molecular formula is C14H14N2O3S. The van der Waals surface area contributed by atoms with Gasteiger partial charge in [0.05, 0.1) is 17.7 Å². The van der Waals surface area contributed by atoms with Gasteiger partial charge in [0.25, 0.3) is 0 Å². The molecule has 0 aliphatic rings. The third kappa shape index (κ3) is 3.58. The second kappa shape index (κ2) is 6.21. The van der Waals surface area contributed by atoms with Crippen molar-refractivity contribution in [1.29, 1.82) is 0 Å². The summed E-state index contributed by atoms with van der Waals surface area (Å²) in [5.74, 6) is 0.719. The van der Waals surface area contributed by atoms with Crippen molar-refractivity contribution in [3.63, 3.8) is 0 Å². The van der Waals surface area contributed by atoms with Crippen molar-refractivity contribution in [1.82, 2.24) is 0 Å². The fourth-order valence-corrected chi connectivity index (χ4v) is 2.36. The van der Waals surface area contributed by atoms with Crippen molar-refractivity contribution in [2.75, 3.05) is 12.5 Å². The Balaban J connectivity index is 2.06. The summed E-state index contributed by atoms with van der Waals surface area (Å²) >= 11 is 0. The molecule has 0 atom stereocenters. The van der Waals surface area contributed by atoms with Crippen LogP contribution in [0.5, 0.6) is 5.75 Å². The minimum absolute atomic E-state index is 0.209. The van der Waals surface area contributed by atoms with Crippen LogP contribution in [-0.2, 0) is 9.84 Å². The smallest absolute Gasteiger partial charge is 0.218 e. The summed E-state index contributed by atoms with van der Waals surface area (Å²) in [7, 11) is -1.95. The van der Waals surface area contributed by atoms with E-state index in [9.17, 15) is 8.42 Å². The first-order valence-electron chi connectivity index (χ1n) is 5.85. The standard InChI is InChI=1S/C14H14N2O3S/c1-19-13-9-7-12(8-10-13)16-15-11-20(17,18)14-5-3-2-4-6-14/h2-11,16H,1H3/b15-11+. The number of hydrazone groups is 1. The molecule has 0 spiro atoms. The summed E-state index contributed by atoms with van der Waals surface area (Å²) < 4.78 is 28.9. The van der Waals surface area contributed by atoms with Crippen LogP contribution in [0.2, 0.25) is 0 Å². The van der Waals surface area contributed by atoms with Gasteiger partial charge in [-0.1, -0.05) is 18.2 Å². The Labute approximate surface area is 117 Å². The third-order valence-electron chi connectivity index (χ3n) is 2.55. The third-order valence-corrected chi connectivity index (χ3v) is 3.86. The van der Waals surface area contributed by atoms with Crippen LogP contribution in [-0.4, -0.2) is 21.1 Å². The molecule has 0 radical (unpaired) electrons. The van der Waals surface area contributed by atoms with E-state index >= 15 is 0 Å². The minimum atomic E-state index is -3.52. The molecular weight excluding hydrogens is 276 g/mol. The lowest BCUT2D eigenvalue weighted by atomic mass is 10.3. The number of sulfone groups is 1. The highest BCUT2D eigenvalue weighted by Crippen LogP contribution is 2.15. The van der Waals surface area contributed by atoms with Crippen molar-refractivity contribution in [2.45, 2.75) is 4.90 Å². The molecule has 0 aliphatic carbocycles. The number of ether oxygens (including phenoxy) is 1. The SMILES string of the molecule is COc1ccc(N/N=C/S(=O)(=O)c2ccccc2)cc1. The van der Waals surface area contributed by atoms with Gasteiger partial charge >= 0.3 is 0 Å². The van der Waals surface area contributed by atoms with Crippen LogP contribution in [0.25, 0.3) is 0 Å². The molecule has 0 fully saturated rings. The highest BCUT2D eigenvalue weighted by atomic mass is 32.2. The van der Waals surface area contributed by atoms with Crippen LogP contribution in [0.3, 0.4) is 0 Å². The molecule has 104 valence electrons. The maximum Gasteiger partial charge on any atom is 0.218 e. The highest BCUT2D eigenvalue weighted by Gasteiger charge is 2.09. The van der Waals surface area contributed by atoms with Crippen LogP contribution >= 0.6 is 0 Å². The molecule has 0 unspecified atom stereocenters. The first-order valence-corrected chi connectivity index (χ1v) is 7.40. The van der Waals surface area contributed by atoms with Crippen molar-refractivity contribution < 1.29 is 13.2 Å². The van der Waals surface area contributed by atoms with Gasteiger partial charge in [-0.3, -0.25) is 5.43 Å². The van der Waals surface area contributed by atoms with E-state index in [1.807, 2.05) is 0 Å². The van der Waals surface area contributed by atoms with Gasteiger partial charge in [-0.05, 0) is 36.4 Å². The monoisotopic (exact) mass is 290 g/mol. The van der Waals surface area contributed by atoms with E-state index in [4.69, 9.17) is 4.74 Å². The molecule has 2 aromatic carbocycles. The fourth-order valence-electron chi connectivity index (χ4n) is 1.51. The van der Waals surface area contributed by atoms with Gasteiger partial charge in [0.2, 0.25) is 9.84 Å². The van der Waals surface area contributed by atoms with Gasteiger partial charge in [0, 0.05) is 0 Å². The van der Waals surface area contributed by atoms with E-state index in [-0.39, 0.29) is 4.90 Å². The normalized spacial score (nSPS) is 11.4. The first kappa shape index (κ1) is 14.1. The predicted molar refractivity (Wildman–Crippen MR) is 78.7 cm³/mol. The van der Waals surface area contributed by atoms with Crippen LogP contribution in [0.1, 0.15) is 0 Å². The lowest BCUT2D eigenvalue weighted by Crippen LogP contribution is -2.03. The second-order valence-corrected chi connectivity index (χ2v) is 5.71. The molecule has 0 aromatic heterocycles. The molecule has 2 rings (SSSR count). The number of anilines is 1. The minimum Gasteiger partial charge on any atom is -0.497 e. The summed E-state index contributed by atoms with van der Waals surface area (Å²) in [5, 5.41) is 3.74. The lowest BCUT2D eigenvalue weighted by Gasteiger charge is -2.02. The van der Waals surface area contributed by atoms with Crippen molar-refractivity contribution in [2.24, 2.45) is 5.10 Å². The Morgan fingerprint density at radius 1 is 1.05 bits per heavy atom. The quantitative estimate of drug-likeness (QED) is 0.522. The van der Waals surface area contributed by atoms with E-state index in [2.05, 4.69) is 10.5 Å². The van der Waals surface area contributed by atoms with Crippen molar-refractivity contribution in [3.8, 4) is 5.75 Å². The number of methoxy groups -OCH3 is 1. The summed E-state index contributed by atoms with van der Waals surface area (Å²) in [4.78, 5) is 0.209. The first-order chi connectivity index (χ1) is 9.62. The predicted octanol–water partition coefficient (Wildman–Crippen LogP) is 2.52. The van der Waals surface area contributed by atoms with Gasteiger partial charge in [-0.25, -0.2) is 8.42 Å². The highest BCUT2D eigenvalue weighted by molar-refractivity contribution is 8.04. The maximum atomic E-state index is 11.9. The molecule has 2 aromatic rings. The van der Waals surface area contributed by atoms with E-state index in [1.165, 1.54) is 12.1 Å². The Bertz CT molecular complexity index is 680. The number of hydrogen-bond acceptors (Lipinski definition) is 5.